The summed E-state index contributed by atoms with van der Waals surface area (Å²) in [4.78, 5) is 22.9. The van der Waals surface area contributed by atoms with E-state index in [1.807, 2.05) is 0 Å². The van der Waals surface area contributed by atoms with E-state index in [2.05, 4.69) is 18.6 Å². The molecule has 0 atom stereocenters. The first kappa shape index (κ1) is 18.9. The molecule has 0 aliphatic carbocycles. The Morgan fingerprint density at radius 1 is 1.14 bits per heavy atom. The number of ether oxygens (including phenoxy) is 2. The van der Waals surface area contributed by atoms with Crippen LogP contribution < -0.4 is 11.6 Å². The summed E-state index contributed by atoms with van der Waals surface area (Å²) in [6.07, 6.45) is 5.14. The maximum absolute atomic E-state index is 11.5. The van der Waals surface area contributed by atoms with Crippen molar-refractivity contribution in [3.8, 4) is 0 Å². The normalized spacial score (nSPS) is 11.0. The van der Waals surface area contributed by atoms with Gasteiger partial charge in [0.05, 0.1) is 13.0 Å². The van der Waals surface area contributed by atoms with Crippen LogP contribution in [-0.2, 0) is 19.1 Å². The van der Waals surface area contributed by atoms with Crippen molar-refractivity contribution in [1.82, 2.24) is 0 Å². The largest absolute Gasteiger partial charge is 0.465 e. The lowest BCUT2D eigenvalue weighted by Gasteiger charge is -2.07. The number of unbranched alkanes of at least 4 members (excludes halogenated alkanes) is 4. The number of esters is 2. The Balaban J connectivity index is 3.78. The topological polar surface area (TPSA) is 117 Å². The maximum Gasteiger partial charge on any atom is 0.334 e. The van der Waals surface area contributed by atoms with Crippen LogP contribution in [0.1, 0.15) is 45.4 Å². The van der Waals surface area contributed by atoms with Gasteiger partial charge in [-0.2, -0.15) is 5.10 Å². The van der Waals surface area contributed by atoms with Crippen molar-refractivity contribution in [2.75, 3.05) is 13.2 Å². The van der Waals surface area contributed by atoms with Gasteiger partial charge in [-0.15, -0.1) is 0 Å². The molecule has 0 fully saturated rings. The second-order valence-electron chi connectivity index (χ2n) is 4.61. The van der Waals surface area contributed by atoms with Gasteiger partial charge in [-0.05, 0) is 6.42 Å². The van der Waals surface area contributed by atoms with Crippen LogP contribution in [-0.4, -0.2) is 31.0 Å². The number of hydrogen-bond acceptors (Lipinski definition) is 6. The number of hydrazone groups is 1. The molecule has 120 valence electrons. The molecule has 4 N–H and O–H groups in total. The van der Waals surface area contributed by atoms with E-state index in [-0.39, 0.29) is 24.4 Å². The standard InChI is InChI=1S/C14H25N3O4/c1-3-4-5-6-7-8-20-13(18)9-11(2)14(19)21-10-12(15)17-16/h2-10,16H2,1H3,(H2,15,17). The first-order chi connectivity index (χ1) is 10.0. The molecule has 0 bridgehead atoms. The van der Waals surface area contributed by atoms with Crippen LogP contribution >= 0.6 is 0 Å². The van der Waals surface area contributed by atoms with Crippen molar-refractivity contribution >= 4 is 17.8 Å². The summed E-state index contributed by atoms with van der Waals surface area (Å²) in [7, 11) is 0. The smallest absolute Gasteiger partial charge is 0.334 e. The number of nitrogens with zero attached hydrogens (tertiary/aromatic N) is 1. The number of carbonyl (C=O) groups excluding carboxylic acids is 2. The lowest BCUT2D eigenvalue weighted by molar-refractivity contribution is -0.145. The van der Waals surface area contributed by atoms with Gasteiger partial charge in [0.25, 0.3) is 0 Å². The van der Waals surface area contributed by atoms with Crippen molar-refractivity contribution in [2.24, 2.45) is 16.7 Å². The molecule has 0 radical (unpaired) electrons. The van der Waals surface area contributed by atoms with Crippen LogP contribution in [0.4, 0.5) is 0 Å². The van der Waals surface area contributed by atoms with Crippen LogP contribution in [0.3, 0.4) is 0 Å². The zero-order valence-electron chi connectivity index (χ0n) is 12.6. The fourth-order valence-corrected chi connectivity index (χ4v) is 1.47. The van der Waals surface area contributed by atoms with Gasteiger partial charge in [0.1, 0.15) is 0 Å². The highest BCUT2D eigenvalue weighted by molar-refractivity contribution is 5.94. The van der Waals surface area contributed by atoms with E-state index < -0.39 is 11.9 Å². The molecule has 21 heavy (non-hydrogen) atoms. The second kappa shape index (κ2) is 11.7. The first-order valence-electron chi connectivity index (χ1n) is 7.04. The van der Waals surface area contributed by atoms with Crippen molar-refractivity contribution < 1.29 is 19.1 Å². The molecule has 0 unspecified atom stereocenters. The van der Waals surface area contributed by atoms with Crippen LogP contribution in [0.2, 0.25) is 0 Å². The van der Waals surface area contributed by atoms with E-state index in [1.165, 1.54) is 12.8 Å². The summed E-state index contributed by atoms with van der Waals surface area (Å²) in [5.41, 5.74) is 5.27. The molecule has 0 rings (SSSR count). The van der Waals surface area contributed by atoms with Crippen molar-refractivity contribution in [1.29, 1.82) is 0 Å². The average Bonchev–Trinajstić information content (AvgIpc) is 2.47. The maximum atomic E-state index is 11.5. The van der Waals surface area contributed by atoms with Crippen LogP contribution in [0.25, 0.3) is 0 Å². The number of nitrogens with two attached hydrogens (primary N) is 2. The summed E-state index contributed by atoms with van der Waals surface area (Å²) in [6.45, 7) is 5.74. The van der Waals surface area contributed by atoms with E-state index >= 15 is 0 Å². The summed E-state index contributed by atoms with van der Waals surface area (Å²) in [5, 5.41) is 3.15. The molecule has 0 aromatic carbocycles. The molecule has 0 saturated heterocycles. The molecular formula is C14H25N3O4. The van der Waals surface area contributed by atoms with Crippen molar-refractivity contribution in [3.63, 3.8) is 0 Å². The number of rotatable bonds is 11. The minimum Gasteiger partial charge on any atom is -0.465 e. The molecule has 0 saturated carbocycles. The Labute approximate surface area is 125 Å². The summed E-state index contributed by atoms with van der Waals surface area (Å²) in [6, 6.07) is 0. The monoisotopic (exact) mass is 299 g/mol. The van der Waals surface area contributed by atoms with E-state index in [4.69, 9.17) is 21.1 Å². The van der Waals surface area contributed by atoms with Gasteiger partial charge in [0.15, 0.2) is 12.4 Å². The van der Waals surface area contributed by atoms with Gasteiger partial charge < -0.3 is 21.1 Å². The van der Waals surface area contributed by atoms with Crippen molar-refractivity contribution in [3.05, 3.63) is 12.2 Å². The van der Waals surface area contributed by atoms with E-state index in [9.17, 15) is 9.59 Å². The highest BCUT2D eigenvalue weighted by atomic mass is 16.5. The van der Waals surface area contributed by atoms with Gasteiger partial charge in [0.2, 0.25) is 0 Å². The highest BCUT2D eigenvalue weighted by Gasteiger charge is 2.14. The van der Waals surface area contributed by atoms with Crippen LogP contribution in [0, 0.1) is 0 Å². The summed E-state index contributed by atoms with van der Waals surface area (Å²) < 4.78 is 9.76. The molecule has 0 aromatic heterocycles. The fraction of sp³-hybridized carbons (Fsp3) is 0.643. The molecule has 0 aliphatic rings. The zero-order chi connectivity index (χ0) is 16.1. The lowest BCUT2D eigenvalue weighted by atomic mass is 10.2. The fourth-order valence-electron chi connectivity index (χ4n) is 1.47. The van der Waals surface area contributed by atoms with Crippen molar-refractivity contribution in [2.45, 2.75) is 45.4 Å². The van der Waals surface area contributed by atoms with E-state index in [0.29, 0.717) is 6.61 Å². The van der Waals surface area contributed by atoms with Gasteiger partial charge >= 0.3 is 11.9 Å². The lowest BCUT2D eigenvalue weighted by Crippen LogP contribution is -2.24. The number of carbonyl (C=O) groups is 2. The zero-order valence-corrected chi connectivity index (χ0v) is 12.6. The molecule has 0 amide bonds. The Morgan fingerprint density at radius 2 is 1.81 bits per heavy atom. The molecule has 7 heteroatoms. The van der Waals surface area contributed by atoms with Gasteiger partial charge in [-0.1, -0.05) is 39.2 Å². The third kappa shape index (κ3) is 10.4. The van der Waals surface area contributed by atoms with E-state index in [0.717, 1.165) is 19.3 Å². The summed E-state index contributed by atoms with van der Waals surface area (Å²) >= 11 is 0. The molecule has 0 spiro atoms. The van der Waals surface area contributed by atoms with Crippen LogP contribution in [0.15, 0.2) is 17.3 Å². The van der Waals surface area contributed by atoms with Gasteiger partial charge in [0, 0.05) is 5.57 Å². The Bertz CT molecular complexity index is 380. The summed E-state index contributed by atoms with van der Waals surface area (Å²) in [5.74, 6) is 3.65. The Morgan fingerprint density at radius 3 is 2.43 bits per heavy atom. The molecule has 7 nitrogen and oxygen atoms in total. The number of amidine groups is 1. The molecular weight excluding hydrogens is 274 g/mol. The quantitative estimate of drug-likeness (QED) is 0.113. The minimum absolute atomic E-state index is 0.0100. The number of hydrogen-bond donors (Lipinski definition) is 2. The Kier molecular flexibility index (Phi) is 10.6. The third-order valence-corrected chi connectivity index (χ3v) is 2.67. The Hall–Kier alpha value is -2.05. The molecule has 0 heterocycles. The third-order valence-electron chi connectivity index (χ3n) is 2.67. The van der Waals surface area contributed by atoms with Gasteiger partial charge in [-0.25, -0.2) is 4.79 Å². The SMILES string of the molecule is C=C(CC(=O)OCCCCCCC)C(=O)OC/C(N)=N/N. The highest BCUT2D eigenvalue weighted by Crippen LogP contribution is 2.06. The average molecular weight is 299 g/mol. The van der Waals surface area contributed by atoms with E-state index in [1.54, 1.807) is 0 Å². The van der Waals surface area contributed by atoms with Gasteiger partial charge in [-0.3, -0.25) is 4.79 Å². The van der Waals surface area contributed by atoms with Crippen LogP contribution in [0.5, 0.6) is 0 Å². The molecule has 0 aliphatic heterocycles. The molecule has 0 aromatic rings. The predicted octanol–water partition coefficient (Wildman–Crippen LogP) is 1.22. The predicted molar refractivity (Wildman–Crippen MR) is 80.2 cm³/mol. The minimum atomic E-state index is -0.721. The second-order valence-corrected chi connectivity index (χ2v) is 4.61. The first-order valence-corrected chi connectivity index (χ1v) is 7.04.